The summed E-state index contributed by atoms with van der Waals surface area (Å²) in [4.78, 5) is 0. The Balaban J connectivity index is 1.80. The SMILES string of the molecule is CCNC(c1cccc(Cl)c1)C1CCOC2(CCOC2)C1. The molecule has 0 aromatic heterocycles. The van der Waals surface area contributed by atoms with Crippen LogP contribution in [-0.4, -0.2) is 32.0 Å². The quantitative estimate of drug-likeness (QED) is 0.922. The Morgan fingerprint density at radius 3 is 3.05 bits per heavy atom. The first kappa shape index (κ1) is 15.3. The number of hydrogen-bond donors (Lipinski definition) is 1. The molecule has 0 aliphatic carbocycles. The molecule has 1 N–H and O–H groups in total. The van der Waals surface area contributed by atoms with Crippen LogP contribution in [0, 0.1) is 5.92 Å². The standard InChI is InChI=1S/C17H24ClNO2/c1-2-19-16(13-4-3-5-15(18)10-13)14-6-8-21-17(11-14)7-9-20-12-17/h3-5,10,14,16,19H,2,6-9,11-12H2,1H3. The van der Waals surface area contributed by atoms with Gasteiger partial charge in [-0.1, -0.05) is 30.7 Å². The molecule has 1 aromatic rings. The lowest BCUT2D eigenvalue weighted by Gasteiger charge is -2.40. The second kappa shape index (κ2) is 6.66. The third kappa shape index (κ3) is 3.42. The van der Waals surface area contributed by atoms with Crippen LogP contribution in [-0.2, 0) is 9.47 Å². The van der Waals surface area contributed by atoms with Crippen molar-refractivity contribution in [2.24, 2.45) is 5.92 Å². The van der Waals surface area contributed by atoms with E-state index >= 15 is 0 Å². The molecule has 1 aromatic carbocycles. The summed E-state index contributed by atoms with van der Waals surface area (Å²) >= 11 is 6.18. The van der Waals surface area contributed by atoms with Crippen molar-refractivity contribution in [1.29, 1.82) is 0 Å². The first-order chi connectivity index (χ1) is 10.2. The van der Waals surface area contributed by atoms with Crippen LogP contribution in [0.3, 0.4) is 0 Å². The lowest BCUT2D eigenvalue weighted by atomic mass is 9.79. The van der Waals surface area contributed by atoms with Gasteiger partial charge in [0.2, 0.25) is 0 Å². The monoisotopic (exact) mass is 309 g/mol. The lowest BCUT2D eigenvalue weighted by molar-refractivity contribution is -0.103. The summed E-state index contributed by atoms with van der Waals surface area (Å²) in [6.07, 6.45) is 3.18. The Bertz CT molecular complexity index is 474. The van der Waals surface area contributed by atoms with Gasteiger partial charge in [-0.2, -0.15) is 0 Å². The van der Waals surface area contributed by atoms with E-state index in [4.69, 9.17) is 21.1 Å². The van der Waals surface area contributed by atoms with Gasteiger partial charge < -0.3 is 14.8 Å². The summed E-state index contributed by atoms with van der Waals surface area (Å²) in [6.45, 7) is 5.52. The van der Waals surface area contributed by atoms with E-state index in [0.29, 0.717) is 12.0 Å². The molecule has 3 unspecified atom stereocenters. The van der Waals surface area contributed by atoms with Crippen molar-refractivity contribution in [1.82, 2.24) is 5.32 Å². The third-order valence-electron chi connectivity index (χ3n) is 4.70. The van der Waals surface area contributed by atoms with Crippen molar-refractivity contribution in [3.8, 4) is 0 Å². The zero-order valence-corrected chi connectivity index (χ0v) is 13.4. The summed E-state index contributed by atoms with van der Waals surface area (Å²) < 4.78 is 11.6. The van der Waals surface area contributed by atoms with Crippen molar-refractivity contribution >= 4 is 11.6 Å². The van der Waals surface area contributed by atoms with Gasteiger partial charge in [0.15, 0.2) is 0 Å². The van der Waals surface area contributed by atoms with E-state index in [1.54, 1.807) is 0 Å². The Morgan fingerprint density at radius 2 is 2.33 bits per heavy atom. The molecule has 2 fully saturated rings. The topological polar surface area (TPSA) is 30.5 Å². The molecule has 3 nitrogen and oxygen atoms in total. The highest BCUT2D eigenvalue weighted by atomic mass is 35.5. The van der Waals surface area contributed by atoms with Gasteiger partial charge in [0, 0.05) is 30.7 Å². The molecule has 2 aliphatic heterocycles. The maximum Gasteiger partial charge on any atom is 0.0940 e. The fraction of sp³-hybridized carbons (Fsp3) is 0.647. The van der Waals surface area contributed by atoms with Gasteiger partial charge in [0.05, 0.1) is 12.2 Å². The highest BCUT2D eigenvalue weighted by Gasteiger charge is 2.43. The Morgan fingerprint density at radius 1 is 1.43 bits per heavy atom. The molecule has 0 bridgehead atoms. The van der Waals surface area contributed by atoms with Gasteiger partial charge in [-0.15, -0.1) is 0 Å². The Hall–Kier alpha value is -0.610. The molecule has 21 heavy (non-hydrogen) atoms. The second-order valence-corrected chi connectivity index (χ2v) is 6.61. The van der Waals surface area contributed by atoms with E-state index < -0.39 is 0 Å². The summed E-state index contributed by atoms with van der Waals surface area (Å²) in [5.74, 6) is 0.568. The van der Waals surface area contributed by atoms with Crippen LogP contribution < -0.4 is 5.32 Å². The fourth-order valence-electron chi connectivity index (χ4n) is 3.69. The Labute approximate surface area is 132 Å². The smallest absolute Gasteiger partial charge is 0.0940 e. The van der Waals surface area contributed by atoms with Gasteiger partial charge >= 0.3 is 0 Å². The van der Waals surface area contributed by atoms with Crippen LogP contribution in [0.1, 0.15) is 37.8 Å². The largest absolute Gasteiger partial charge is 0.378 e. The molecule has 4 heteroatoms. The van der Waals surface area contributed by atoms with E-state index in [2.05, 4.69) is 24.4 Å². The minimum atomic E-state index is -0.0465. The van der Waals surface area contributed by atoms with Gasteiger partial charge in [0.25, 0.3) is 0 Å². The van der Waals surface area contributed by atoms with Gasteiger partial charge in [-0.25, -0.2) is 0 Å². The molecule has 2 heterocycles. The highest BCUT2D eigenvalue weighted by Crippen LogP contribution is 2.41. The average Bonchev–Trinajstić information content (AvgIpc) is 2.92. The maximum absolute atomic E-state index is 6.18. The van der Waals surface area contributed by atoms with Gasteiger partial charge in [0.1, 0.15) is 0 Å². The molecule has 3 rings (SSSR count). The number of halogens is 1. The summed E-state index contributed by atoms with van der Waals surface area (Å²) in [5, 5.41) is 4.45. The number of hydrogen-bond acceptors (Lipinski definition) is 3. The van der Waals surface area contributed by atoms with Gasteiger partial charge in [-0.05, 0) is 43.0 Å². The normalized spacial score (nSPS) is 30.7. The number of ether oxygens (including phenoxy) is 2. The van der Waals surface area contributed by atoms with Crippen molar-refractivity contribution in [2.75, 3.05) is 26.4 Å². The van der Waals surface area contributed by atoms with E-state index in [1.165, 1.54) is 5.56 Å². The van der Waals surface area contributed by atoms with Crippen LogP contribution in [0.2, 0.25) is 5.02 Å². The number of benzene rings is 1. The van der Waals surface area contributed by atoms with Crippen LogP contribution >= 0.6 is 11.6 Å². The Kier molecular flexibility index (Phi) is 4.85. The molecule has 116 valence electrons. The van der Waals surface area contributed by atoms with Crippen molar-refractivity contribution in [3.05, 3.63) is 34.9 Å². The minimum Gasteiger partial charge on any atom is -0.378 e. The van der Waals surface area contributed by atoms with Crippen molar-refractivity contribution in [2.45, 2.75) is 37.8 Å². The molecule has 0 amide bonds. The molecule has 2 aliphatic rings. The van der Waals surface area contributed by atoms with E-state index in [1.807, 2.05) is 12.1 Å². The second-order valence-electron chi connectivity index (χ2n) is 6.18. The first-order valence-corrected chi connectivity index (χ1v) is 8.31. The van der Waals surface area contributed by atoms with Crippen LogP contribution in [0.4, 0.5) is 0 Å². The third-order valence-corrected chi connectivity index (χ3v) is 4.94. The van der Waals surface area contributed by atoms with Crippen LogP contribution in [0.5, 0.6) is 0 Å². The predicted molar refractivity (Wildman–Crippen MR) is 84.7 cm³/mol. The summed E-state index contributed by atoms with van der Waals surface area (Å²) in [6, 6.07) is 8.57. The number of rotatable bonds is 4. The van der Waals surface area contributed by atoms with Crippen molar-refractivity contribution < 1.29 is 9.47 Å². The molecule has 1 spiro atoms. The predicted octanol–water partition coefficient (Wildman–Crippen LogP) is 3.58. The average molecular weight is 310 g/mol. The summed E-state index contributed by atoms with van der Waals surface area (Å²) in [7, 11) is 0. The van der Waals surface area contributed by atoms with Gasteiger partial charge in [-0.3, -0.25) is 0 Å². The molecule has 2 saturated heterocycles. The van der Waals surface area contributed by atoms with Crippen molar-refractivity contribution in [3.63, 3.8) is 0 Å². The first-order valence-electron chi connectivity index (χ1n) is 7.93. The van der Waals surface area contributed by atoms with Crippen LogP contribution in [0.25, 0.3) is 0 Å². The lowest BCUT2D eigenvalue weighted by Crippen LogP contribution is -2.44. The minimum absolute atomic E-state index is 0.0465. The molecule has 0 saturated carbocycles. The van der Waals surface area contributed by atoms with E-state index in [9.17, 15) is 0 Å². The molecular weight excluding hydrogens is 286 g/mol. The van der Waals surface area contributed by atoms with Crippen LogP contribution in [0.15, 0.2) is 24.3 Å². The molecule has 3 atom stereocenters. The zero-order chi connectivity index (χ0) is 14.7. The van der Waals surface area contributed by atoms with E-state index in [-0.39, 0.29) is 5.60 Å². The fourth-order valence-corrected chi connectivity index (χ4v) is 3.89. The number of nitrogens with one attached hydrogen (secondary N) is 1. The van der Waals surface area contributed by atoms with E-state index in [0.717, 1.165) is 50.7 Å². The molecule has 0 radical (unpaired) electrons. The summed E-state index contributed by atoms with van der Waals surface area (Å²) in [5.41, 5.74) is 1.24. The zero-order valence-electron chi connectivity index (χ0n) is 12.6. The highest BCUT2D eigenvalue weighted by molar-refractivity contribution is 6.30. The molecular formula is C17H24ClNO2. The maximum atomic E-state index is 6.18.